The molecule has 0 unspecified atom stereocenters. The van der Waals surface area contributed by atoms with Crippen LogP contribution in [0, 0.1) is 0 Å². The standard InChI is InChI=1S/C11H17FN2O/c1-11(2,3)15-10-5-8(6-12)4-9(7-13)14-10/h4-5H,6-7,13H2,1-3H3. The van der Waals surface area contributed by atoms with Gasteiger partial charge in [-0.25, -0.2) is 9.37 Å². The van der Waals surface area contributed by atoms with E-state index in [0.717, 1.165) is 0 Å². The molecular formula is C11H17FN2O. The molecule has 0 saturated heterocycles. The van der Waals surface area contributed by atoms with Crippen molar-refractivity contribution in [1.82, 2.24) is 4.98 Å². The van der Waals surface area contributed by atoms with E-state index in [1.807, 2.05) is 20.8 Å². The maximum absolute atomic E-state index is 12.5. The fourth-order valence-corrected chi connectivity index (χ4v) is 1.17. The first kappa shape index (κ1) is 11.9. The Labute approximate surface area is 89.5 Å². The lowest BCUT2D eigenvalue weighted by Gasteiger charge is -2.21. The second-order valence-corrected chi connectivity index (χ2v) is 4.36. The van der Waals surface area contributed by atoms with E-state index in [1.54, 1.807) is 12.1 Å². The molecule has 0 radical (unpaired) electrons. The second-order valence-electron chi connectivity index (χ2n) is 4.36. The average Bonchev–Trinajstić information content (AvgIpc) is 2.14. The van der Waals surface area contributed by atoms with Crippen molar-refractivity contribution in [3.8, 4) is 5.88 Å². The van der Waals surface area contributed by atoms with Gasteiger partial charge in [0.15, 0.2) is 0 Å². The number of halogens is 1. The quantitative estimate of drug-likeness (QED) is 0.835. The van der Waals surface area contributed by atoms with Crippen LogP contribution in [-0.2, 0) is 13.2 Å². The van der Waals surface area contributed by atoms with Crippen LogP contribution >= 0.6 is 0 Å². The first-order valence-corrected chi connectivity index (χ1v) is 4.89. The largest absolute Gasteiger partial charge is 0.472 e. The maximum atomic E-state index is 12.5. The average molecular weight is 212 g/mol. The molecule has 0 amide bonds. The minimum Gasteiger partial charge on any atom is -0.472 e. The molecule has 2 N–H and O–H groups in total. The first-order valence-electron chi connectivity index (χ1n) is 4.89. The number of pyridine rings is 1. The summed E-state index contributed by atoms with van der Waals surface area (Å²) in [6.07, 6.45) is 0. The highest BCUT2D eigenvalue weighted by Crippen LogP contribution is 2.18. The van der Waals surface area contributed by atoms with Gasteiger partial charge in [0.2, 0.25) is 5.88 Å². The molecule has 0 aliphatic rings. The Bertz CT molecular complexity index is 312. The van der Waals surface area contributed by atoms with Crippen molar-refractivity contribution in [1.29, 1.82) is 0 Å². The van der Waals surface area contributed by atoms with Crippen molar-refractivity contribution >= 4 is 0 Å². The number of alkyl halides is 1. The SMILES string of the molecule is CC(C)(C)Oc1cc(CF)cc(CN)n1. The van der Waals surface area contributed by atoms with Gasteiger partial charge in [-0.1, -0.05) is 0 Å². The van der Waals surface area contributed by atoms with Crippen LogP contribution in [0.2, 0.25) is 0 Å². The molecule has 0 aliphatic carbocycles. The first-order chi connectivity index (χ1) is 6.94. The zero-order valence-electron chi connectivity index (χ0n) is 9.38. The molecule has 1 aromatic heterocycles. The predicted molar refractivity (Wildman–Crippen MR) is 57.3 cm³/mol. The van der Waals surface area contributed by atoms with Crippen LogP contribution in [0.25, 0.3) is 0 Å². The van der Waals surface area contributed by atoms with E-state index in [2.05, 4.69) is 4.98 Å². The van der Waals surface area contributed by atoms with E-state index in [1.165, 1.54) is 0 Å². The summed E-state index contributed by atoms with van der Waals surface area (Å²) < 4.78 is 18.1. The maximum Gasteiger partial charge on any atom is 0.214 e. The Morgan fingerprint density at radius 2 is 2.07 bits per heavy atom. The van der Waals surface area contributed by atoms with Gasteiger partial charge in [-0.2, -0.15) is 0 Å². The van der Waals surface area contributed by atoms with E-state index >= 15 is 0 Å². The fraction of sp³-hybridized carbons (Fsp3) is 0.545. The van der Waals surface area contributed by atoms with Crippen LogP contribution in [0.4, 0.5) is 4.39 Å². The number of rotatable bonds is 3. The van der Waals surface area contributed by atoms with Crippen LogP contribution in [-0.4, -0.2) is 10.6 Å². The summed E-state index contributed by atoms with van der Waals surface area (Å²) in [6, 6.07) is 3.25. The van der Waals surface area contributed by atoms with Crippen LogP contribution in [0.5, 0.6) is 5.88 Å². The lowest BCUT2D eigenvalue weighted by Crippen LogP contribution is -2.24. The Balaban J connectivity index is 2.97. The highest BCUT2D eigenvalue weighted by Gasteiger charge is 2.13. The Morgan fingerprint density at radius 1 is 1.40 bits per heavy atom. The second kappa shape index (κ2) is 4.57. The van der Waals surface area contributed by atoms with Gasteiger partial charge in [0.1, 0.15) is 12.3 Å². The number of nitrogens with zero attached hydrogens (tertiary/aromatic N) is 1. The zero-order chi connectivity index (χ0) is 11.5. The van der Waals surface area contributed by atoms with Crippen LogP contribution in [0.15, 0.2) is 12.1 Å². The smallest absolute Gasteiger partial charge is 0.214 e. The van der Waals surface area contributed by atoms with Gasteiger partial charge >= 0.3 is 0 Å². The molecule has 3 nitrogen and oxygen atoms in total. The molecule has 1 heterocycles. The van der Waals surface area contributed by atoms with Crippen molar-refractivity contribution in [2.24, 2.45) is 5.73 Å². The van der Waals surface area contributed by atoms with E-state index in [0.29, 0.717) is 17.1 Å². The van der Waals surface area contributed by atoms with E-state index in [9.17, 15) is 4.39 Å². The summed E-state index contributed by atoms with van der Waals surface area (Å²) in [5.41, 5.74) is 6.32. The summed E-state index contributed by atoms with van der Waals surface area (Å²) in [5, 5.41) is 0. The number of nitrogens with two attached hydrogens (primary N) is 1. The fourth-order valence-electron chi connectivity index (χ4n) is 1.17. The third-order valence-corrected chi connectivity index (χ3v) is 1.69. The van der Waals surface area contributed by atoms with Crippen LogP contribution in [0.1, 0.15) is 32.0 Å². The lowest BCUT2D eigenvalue weighted by atomic mass is 10.2. The van der Waals surface area contributed by atoms with Gasteiger partial charge in [-0.05, 0) is 32.4 Å². The third kappa shape index (κ3) is 3.83. The molecule has 4 heteroatoms. The molecule has 0 bridgehead atoms. The Hall–Kier alpha value is -1.16. The summed E-state index contributed by atoms with van der Waals surface area (Å²) in [7, 11) is 0. The minimum absolute atomic E-state index is 0.286. The topological polar surface area (TPSA) is 48.1 Å². The molecule has 0 fully saturated rings. The monoisotopic (exact) mass is 212 g/mol. The molecule has 0 atom stereocenters. The normalized spacial score (nSPS) is 11.5. The number of hydrogen-bond acceptors (Lipinski definition) is 3. The van der Waals surface area contributed by atoms with Crippen molar-refractivity contribution in [2.45, 2.75) is 39.6 Å². The van der Waals surface area contributed by atoms with Gasteiger partial charge in [0.25, 0.3) is 0 Å². The number of ether oxygens (including phenoxy) is 1. The highest BCUT2D eigenvalue weighted by molar-refractivity contribution is 5.25. The van der Waals surface area contributed by atoms with Crippen molar-refractivity contribution < 1.29 is 9.13 Å². The predicted octanol–water partition coefficient (Wildman–Crippen LogP) is 2.19. The van der Waals surface area contributed by atoms with Crippen molar-refractivity contribution in [3.05, 3.63) is 23.4 Å². The summed E-state index contributed by atoms with van der Waals surface area (Å²) in [5.74, 6) is 0.429. The molecule has 0 spiro atoms. The van der Waals surface area contributed by atoms with Crippen molar-refractivity contribution in [3.63, 3.8) is 0 Å². The molecule has 15 heavy (non-hydrogen) atoms. The molecular weight excluding hydrogens is 195 g/mol. The summed E-state index contributed by atoms with van der Waals surface area (Å²) in [6.45, 7) is 5.50. The molecule has 0 aliphatic heterocycles. The summed E-state index contributed by atoms with van der Waals surface area (Å²) in [4.78, 5) is 4.17. The molecule has 0 aromatic carbocycles. The number of aromatic nitrogens is 1. The third-order valence-electron chi connectivity index (χ3n) is 1.69. The van der Waals surface area contributed by atoms with Crippen LogP contribution in [0.3, 0.4) is 0 Å². The van der Waals surface area contributed by atoms with E-state index < -0.39 is 6.67 Å². The highest BCUT2D eigenvalue weighted by atomic mass is 19.1. The van der Waals surface area contributed by atoms with Gasteiger partial charge in [-0.3, -0.25) is 0 Å². The number of hydrogen-bond donors (Lipinski definition) is 1. The molecule has 1 aromatic rings. The van der Waals surface area contributed by atoms with Gasteiger partial charge in [-0.15, -0.1) is 0 Å². The zero-order valence-corrected chi connectivity index (χ0v) is 9.38. The Morgan fingerprint density at radius 3 is 2.53 bits per heavy atom. The Kier molecular flexibility index (Phi) is 3.63. The van der Waals surface area contributed by atoms with Gasteiger partial charge in [0.05, 0.1) is 5.69 Å². The molecule has 1 rings (SSSR count). The molecule has 0 saturated carbocycles. The van der Waals surface area contributed by atoms with E-state index in [4.69, 9.17) is 10.5 Å². The molecule has 84 valence electrons. The summed E-state index contributed by atoms with van der Waals surface area (Å²) >= 11 is 0. The van der Waals surface area contributed by atoms with Crippen LogP contribution < -0.4 is 10.5 Å². The minimum atomic E-state index is -0.532. The van der Waals surface area contributed by atoms with Gasteiger partial charge in [0, 0.05) is 12.6 Å². The van der Waals surface area contributed by atoms with Crippen molar-refractivity contribution in [2.75, 3.05) is 0 Å². The van der Waals surface area contributed by atoms with E-state index in [-0.39, 0.29) is 12.1 Å². The van der Waals surface area contributed by atoms with Gasteiger partial charge < -0.3 is 10.5 Å². The lowest BCUT2D eigenvalue weighted by molar-refractivity contribution is 0.123.